The average molecular weight is 297 g/mol. The molecule has 1 aromatic carbocycles. The zero-order valence-electron chi connectivity index (χ0n) is 12.1. The van der Waals surface area contributed by atoms with E-state index in [2.05, 4.69) is 5.32 Å². The van der Waals surface area contributed by atoms with Gasteiger partial charge in [0.15, 0.2) is 0 Å². The standard InChI is InChI=1S/C15H21ClN2O2/c1-15(2,3)20-14(19)18-9-8-17-13(10-18)11-6-4-5-7-12(11)16/h4-7,13,17H,8-10H2,1-3H3/t13-/m0/s1. The van der Waals surface area contributed by atoms with Gasteiger partial charge in [-0.2, -0.15) is 0 Å². The second kappa shape index (κ2) is 6.02. The Hall–Kier alpha value is -1.26. The molecule has 1 heterocycles. The number of carbonyl (C=O) groups is 1. The van der Waals surface area contributed by atoms with E-state index in [-0.39, 0.29) is 12.1 Å². The summed E-state index contributed by atoms with van der Waals surface area (Å²) in [5.74, 6) is 0. The van der Waals surface area contributed by atoms with E-state index in [1.54, 1.807) is 4.90 Å². The average Bonchev–Trinajstić information content (AvgIpc) is 2.37. The van der Waals surface area contributed by atoms with Crippen LogP contribution < -0.4 is 5.32 Å². The normalized spacial score (nSPS) is 19.8. The monoisotopic (exact) mass is 296 g/mol. The third-order valence-corrected chi connectivity index (χ3v) is 3.45. The van der Waals surface area contributed by atoms with Crippen LogP contribution in [-0.4, -0.2) is 36.2 Å². The van der Waals surface area contributed by atoms with E-state index in [0.29, 0.717) is 13.1 Å². The van der Waals surface area contributed by atoms with Crippen LogP contribution in [-0.2, 0) is 4.74 Å². The molecule has 1 atom stereocenters. The molecule has 0 aliphatic carbocycles. The van der Waals surface area contributed by atoms with Gasteiger partial charge in [0.1, 0.15) is 5.60 Å². The molecule has 5 heteroatoms. The molecule has 1 fully saturated rings. The lowest BCUT2D eigenvalue weighted by Crippen LogP contribution is -2.49. The molecule has 110 valence electrons. The van der Waals surface area contributed by atoms with Gasteiger partial charge in [-0.25, -0.2) is 4.79 Å². The number of rotatable bonds is 1. The van der Waals surface area contributed by atoms with Crippen molar-refractivity contribution in [3.63, 3.8) is 0 Å². The van der Waals surface area contributed by atoms with Gasteiger partial charge in [-0.3, -0.25) is 0 Å². The number of halogens is 1. The van der Waals surface area contributed by atoms with Crippen LogP contribution in [0.4, 0.5) is 4.79 Å². The fraction of sp³-hybridized carbons (Fsp3) is 0.533. The molecule has 0 saturated carbocycles. The number of ether oxygens (including phenoxy) is 1. The van der Waals surface area contributed by atoms with E-state index in [4.69, 9.17) is 16.3 Å². The summed E-state index contributed by atoms with van der Waals surface area (Å²) in [7, 11) is 0. The molecule has 20 heavy (non-hydrogen) atoms. The van der Waals surface area contributed by atoms with Gasteiger partial charge in [0.2, 0.25) is 0 Å². The first-order chi connectivity index (χ1) is 9.37. The number of nitrogens with one attached hydrogen (secondary N) is 1. The molecule has 1 aliphatic rings. The summed E-state index contributed by atoms with van der Waals surface area (Å²) < 4.78 is 5.42. The van der Waals surface area contributed by atoms with Gasteiger partial charge in [-0.05, 0) is 32.4 Å². The Morgan fingerprint density at radius 2 is 2.10 bits per heavy atom. The highest BCUT2D eigenvalue weighted by molar-refractivity contribution is 6.31. The molecule has 0 aromatic heterocycles. The minimum atomic E-state index is -0.470. The molecule has 0 bridgehead atoms. The predicted molar refractivity (Wildman–Crippen MR) is 80.0 cm³/mol. The highest BCUT2D eigenvalue weighted by atomic mass is 35.5. The summed E-state index contributed by atoms with van der Waals surface area (Å²) in [6, 6.07) is 7.75. The molecule has 1 aliphatic heterocycles. The van der Waals surface area contributed by atoms with Gasteiger partial charge >= 0.3 is 6.09 Å². The van der Waals surface area contributed by atoms with Crippen LogP contribution in [0.15, 0.2) is 24.3 Å². The van der Waals surface area contributed by atoms with Crippen molar-refractivity contribution in [2.75, 3.05) is 19.6 Å². The number of nitrogens with zero attached hydrogens (tertiary/aromatic N) is 1. The Morgan fingerprint density at radius 1 is 1.40 bits per heavy atom. The molecule has 4 nitrogen and oxygen atoms in total. The molecular weight excluding hydrogens is 276 g/mol. The van der Waals surface area contributed by atoms with E-state index in [1.165, 1.54) is 0 Å². The molecule has 1 N–H and O–H groups in total. The van der Waals surface area contributed by atoms with Crippen LogP contribution in [0.5, 0.6) is 0 Å². The first kappa shape index (κ1) is 15.1. The molecule has 2 rings (SSSR count). The smallest absolute Gasteiger partial charge is 0.410 e. The van der Waals surface area contributed by atoms with Crippen LogP contribution >= 0.6 is 11.6 Å². The van der Waals surface area contributed by atoms with Crippen molar-refractivity contribution in [1.82, 2.24) is 10.2 Å². The second-order valence-corrected chi connectivity index (χ2v) is 6.36. The van der Waals surface area contributed by atoms with Gasteiger partial charge in [0.25, 0.3) is 0 Å². The summed E-state index contributed by atoms with van der Waals surface area (Å²) in [5, 5.41) is 4.11. The Morgan fingerprint density at radius 3 is 2.75 bits per heavy atom. The quantitative estimate of drug-likeness (QED) is 0.865. The van der Waals surface area contributed by atoms with E-state index >= 15 is 0 Å². The maximum Gasteiger partial charge on any atom is 0.410 e. The van der Waals surface area contributed by atoms with Gasteiger partial charge in [-0.1, -0.05) is 29.8 Å². The number of piperazine rings is 1. The van der Waals surface area contributed by atoms with Gasteiger partial charge in [-0.15, -0.1) is 0 Å². The maximum atomic E-state index is 12.1. The van der Waals surface area contributed by atoms with Crippen molar-refractivity contribution < 1.29 is 9.53 Å². The third kappa shape index (κ3) is 3.87. The number of hydrogen-bond donors (Lipinski definition) is 1. The predicted octanol–water partition coefficient (Wildman–Crippen LogP) is 3.22. The third-order valence-electron chi connectivity index (χ3n) is 3.11. The maximum absolute atomic E-state index is 12.1. The molecule has 1 amide bonds. The Kier molecular flexibility index (Phi) is 4.55. The van der Waals surface area contributed by atoms with Gasteiger partial charge in [0, 0.05) is 24.7 Å². The lowest BCUT2D eigenvalue weighted by atomic mass is 10.0. The lowest BCUT2D eigenvalue weighted by Gasteiger charge is -2.35. The zero-order chi connectivity index (χ0) is 14.8. The summed E-state index contributed by atoms with van der Waals surface area (Å²) in [6.07, 6.45) is -0.268. The first-order valence-electron chi connectivity index (χ1n) is 6.82. The van der Waals surface area contributed by atoms with Gasteiger partial charge in [0.05, 0.1) is 6.04 Å². The minimum Gasteiger partial charge on any atom is -0.444 e. The number of amides is 1. The SMILES string of the molecule is CC(C)(C)OC(=O)N1CCN[C@H](c2ccccc2Cl)C1. The highest BCUT2D eigenvalue weighted by Crippen LogP contribution is 2.25. The summed E-state index contributed by atoms with van der Waals surface area (Å²) in [4.78, 5) is 13.9. The van der Waals surface area contributed by atoms with Crippen molar-refractivity contribution in [1.29, 1.82) is 0 Å². The second-order valence-electron chi connectivity index (χ2n) is 5.95. The van der Waals surface area contributed by atoms with E-state index in [0.717, 1.165) is 17.1 Å². The van der Waals surface area contributed by atoms with E-state index < -0.39 is 5.60 Å². The summed E-state index contributed by atoms with van der Waals surface area (Å²) in [5.41, 5.74) is 0.546. The summed E-state index contributed by atoms with van der Waals surface area (Å²) >= 11 is 6.22. The molecule has 1 saturated heterocycles. The number of benzene rings is 1. The van der Waals surface area contributed by atoms with Crippen molar-refractivity contribution in [2.45, 2.75) is 32.4 Å². The largest absolute Gasteiger partial charge is 0.444 e. The van der Waals surface area contributed by atoms with Crippen LogP contribution in [0.3, 0.4) is 0 Å². The fourth-order valence-corrected chi connectivity index (χ4v) is 2.48. The Labute approximate surface area is 125 Å². The van der Waals surface area contributed by atoms with Crippen LogP contribution in [0.2, 0.25) is 5.02 Å². The molecule has 1 aromatic rings. The Balaban J connectivity index is 2.06. The van der Waals surface area contributed by atoms with Crippen molar-refractivity contribution in [3.05, 3.63) is 34.9 Å². The van der Waals surface area contributed by atoms with Crippen molar-refractivity contribution >= 4 is 17.7 Å². The van der Waals surface area contributed by atoms with Crippen LogP contribution in [0.1, 0.15) is 32.4 Å². The first-order valence-corrected chi connectivity index (χ1v) is 7.20. The minimum absolute atomic E-state index is 0.0463. The van der Waals surface area contributed by atoms with Crippen molar-refractivity contribution in [2.24, 2.45) is 0 Å². The number of hydrogen-bond acceptors (Lipinski definition) is 3. The van der Waals surface area contributed by atoms with E-state index in [1.807, 2.05) is 45.0 Å². The molecule has 0 unspecified atom stereocenters. The van der Waals surface area contributed by atoms with Crippen LogP contribution in [0.25, 0.3) is 0 Å². The molecule has 0 spiro atoms. The lowest BCUT2D eigenvalue weighted by molar-refractivity contribution is 0.0195. The zero-order valence-corrected chi connectivity index (χ0v) is 12.9. The molecule has 0 radical (unpaired) electrons. The molecular formula is C15H21ClN2O2. The van der Waals surface area contributed by atoms with Crippen molar-refractivity contribution in [3.8, 4) is 0 Å². The Bertz CT molecular complexity index is 485. The highest BCUT2D eigenvalue weighted by Gasteiger charge is 2.28. The van der Waals surface area contributed by atoms with Gasteiger partial charge < -0.3 is 15.0 Å². The van der Waals surface area contributed by atoms with E-state index in [9.17, 15) is 4.79 Å². The fourth-order valence-electron chi connectivity index (χ4n) is 2.21. The van der Waals surface area contributed by atoms with Crippen LogP contribution in [0, 0.1) is 0 Å². The topological polar surface area (TPSA) is 41.6 Å². The summed E-state index contributed by atoms with van der Waals surface area (Å²) in [6.45, 7) is 7.57. The number of carbonyl (C=O) groups excluding carboxylic acids is 1.